The maximum absolute atomic E-state index is 12.5. The second kappa shape index (κ2) is 4.97. The van der Waals surface area contributed by atoms with Crippen LogP contribution in [0.5, 0.6) is 0 Å². The van der Waals surface area contributed by atoms with E-state index in [0.717, 1.165) is 18.4 Å². The van der Waals surface area contributed by atoms with E-state index >= 15 is 0 Å². The lowest BCUT2D eigenvalue weighted by Gasteiger charge is -2.46. The summed E-state index contributed by atoms with van der Waals surface area (Å²) in [5, 5.41) is 4.07. The highest BCUT2D eigenvalue weighted by Crippen LogP contribution is 2.47. The molecule has 18 heavy (non-hydrogen) atoms. The summed E-state index contributed by atoms with van der Waals surface area (Å²) in [6.45, 7) is 2.75. The van der Waals surface area contributed by atoms with Gasteiger partial charge < -0.3 is 10.6 Å². The Morgan fingerprint density at radius 1 is 1.67 bits per heavy atom. The number of thiocarbonyl (C=S) groups is 1. The van der Waals surface area contributed by atoms with Crippen molar-refractivity contribution >= 4 is 34.5 Å². The highest BCUT2D eigenvalue weighted by molar-refractivity contribution is 7.80. The molecule has 0 saturated heterocycles. The van der Waals surface area contributed by atoms with Gasteiger partial charge in [0, 0.05) is 13.6 Å². The molecule has 0 spiro atoms. The van der Waals surface area contributed by atoms with Crippen molar-refractivity contribution in [1.82, 2.24) is 4.90 Å². The number of nitrogens with two attached hydrogens (primary N) is 1. The molecule has 1 amide bonds. The Morgan fingerprint density at radius 3 is 2.78 bits per heavy atom. The normalized spacial score (nSPS) is 26.4. The number of carbonyl (C=O) groups is 1. The molecule has 0 atom stereocenters. The predicted molar refractivity (Wildman–Crippen MR) is 78.4 cm³/mol. The third kappa shape index (κ3) is 2.29. The lowest BCUT2D eigenvalue weighted by molar-refractivity contribution is -0.143. The minimum absolute atomic E-state index is 0.0688. The molecule has 2 rings (SSSR count). The lowest BCUT2D eigenvalue weighted by atomic mass is 9.61. The molecule has 0 aliphatic heterocycles. The van der Waals surface area contributed by atoms with Crippen molar-refractivity contribution in [2.24, 2.45) is 17.1 Å². The molecule has 1 aliphatic rings. The zero-order chi connectivity index (χ0) is 13.3. The number of hydrogen-bond acceptors (Lipinski definition) is 3. The van der Waals surface area contributed by atoms with Crippen LogP contribution < -0.4 is 5.73 Å². The first-order chi connectivity index (χ1) is 8.45. The second-order valence-corrected chi connectivity index (χ2v) is 6.47. The number of amides is 1. The average molecular weight is 282 g/mol. The van der Waals surface area contributed by atoms with E-state index in [4.69, 9.17) is 18.0 Å². The van der Waals surface area contributed by atoms with Crippen molar-refractivity contribution in [2.75, 3.05) is 7.05 Å². The number of rotatable bonds is 4. The largest absolute Gasteiger partial charge is 0.392 e. The summed E-state index contributed by atoms with van der Waals surface area (Å²) in [6, 6.07) is 2.03. The Kier molecular flexibility index (Phi) is 3.73. The average Bonchev–Trinajstić information content (AvgIpc) is 2.75. The first-order valence-corrected chi connectivity index (χ1v) is 7.37. The van der Waals surface area contributed by atoms with E-state index in [1.54, 1.807) is 16.2 Å². The Morgan fingerprint density at radius 2 is 2.33 bits per heavy atom. The highest BCUT2D eigenvalue weighted by atomic mass is 32.1. The summed E-state index contributed by atoms with van der Waals surface area (Å²) in [4.78, 5) is 14.6. The first kappa shape index (κ1) is 13.5. The molecule has 0 bridgehead atoms. The molecule has 0 unspecified atom stereocenters. The molecule has 0 radical (unpaired) electrons. The molecular formula is C13H18N2OS2. The molecule has 1 fully saturated rings. The van der Waals surface area contributed by atoms with Crippen LogP contribution in [0.25, 0.3) is 0 Å². The van der Waals surface area contributed by atoms with Crippen LogP contribution in [0, 0.1) is 11.3 Å². The zero-order valence-electron chi connectivity index (χ0n) is 10.7. The third-order valence-electron chi connectivity index (χ3n) is 3.62. The number of thiophene rings is 1. The molecular weight excluding hydrogens is 264 g/mol. The van der Waals surface area contributed by atoms with Crippen molar-refractivity contribution in [3.05, 3.63) is 22.4 Å². The summed E-state index contributed by atoms with van der Waals surface area (Å²) in [7, 11) is 1.82. The van der Waals surface area contributed by atoms with Gasteiger partial charge in [-0.3, -0.25) is 4.79 Å². The summed E-state index contributed by atoms with van der Waals surface area (Å²) < 4.78 is 0. The molecule has 98 valence electrons. The quantitative estimate of drug-likeness (QED) is 0.863. The third-order valence-corrected chi connectivity index (χ3v) is 4.74. The highest BCUT2D eigenvalue weighted by Gasteiger charge is 2.51. The molecule has 1 aromatic heterocycles. The first-order valence-electron chi connectivity index (χ1n) is 6.02. The zero-order valence-corrected chi connectivity index (χ0v) is 12.3. The Labute approximate surface area is 117 Å². The topological polar surface area (TPSA) is 46.3 Å². The van der Waals surface area contributed by atoms with Gasteiger partial charge in [0.25, 0.3) is 0 Å². The van der Waals surface area contributed by atoms with Gasteiger partial charge in [-0.1, -0.05) is 19.1 Å². The van der Waals surface area contributed by atoms with E-state index in [2.05, 4.69) is 12.3 Å². The second-order valence-electron chi connectivity index (χ2n) is 5.25. The summed E-state index contributed by atoms with van der Waals surface area (Å²) in [6.07, 6.45) is 1.57. The molecule has 1 saturated carbocycles. The van der Waals surface area contributed by atoms with Crippen molar-refractivity contribution in [1.29, 1.82) is 0 Å². The standard InChI is InChI=1S/C13H18N2OS2/c1-9-5-13(6-9,11(14)17)12(16)15(2)7-10-3-4-18-8-10/h3-4,8-9H,5-7H2,1-2H3,(H2,14,17). The molecule has 1 heterocycles. The van der Waals surface area contributed by atoms with Gasteiger partial charge in [-0.05, 0) is 41.1 Å². The van der Waals surface area contributed by atoms with Crippen molar-refractivity contribution in [3.8, 4) is 0 Å². The van der Waals surface area contributed by atoms with Crippen LogP contribution in [0.2, 0.25) is 0 Å². The Bertz CT molecular complexity index is 450. The summed E-state index contributed by atoms with van der Waals surface area (Å²) in [5.74, 6) is 0.601. The van der Waals surface area contributed by atoms with Crippen molar-refractivity contribution in [3.63, 3.8) is 0 Å². The maximum atomic E-state index is 12.5. The van der Waals surface area contributed by atoms with Gasteiger partial charge in [-0.15, -0.1) is 0 Å². The molecule has 5 heteroatoms. The van der Waals surface area contributed by atoms with Crippen LogP contribution in [0.1, 0.15) is 25.3 Å². The fourth-order valence-corrected chi connectivity index (χ4v) is 3.62. The van der Waals surface area contributed by atoms with Crippen molar-refractivity contribution in [2.45, 2.75) is 26.3 Å². The minimum atomic E-state index is -0.584. The van der Waals surface area contributed by atoms with E-state index in [9.17, 15) is 4.79 Å². The monoisotopic (exact) mass is 282 g/mol. The number of carbonyl (C=O) groups excluding carboxylic acids is 1. The van der Waals surface area contributed by atoms with Crippen LogP contribution in [0.4, 0.5) is 0 Å². The van der Waals surface area contributed by atoms with Gasteiger partial charge in [0.1, 0.15) is 0 Å². The smallest absolute Gasteiger partial charge is 0.235 e. The van der Waals surface area contributed by atoms with Crippen LogP contribution >= 0.6 is 23.6 Å². The summed E-state index contributed by atoms with van der Waals surface area (Å²) >= 11 is 6.75. The van der Waals surface area contributed by atoms with E-state index < -0.39 is 5.41 Å². The van der Waals surface area contributed by atoms with Crippen LogP contribution in [-0.4, -0.2) is 22.8 Å². The molecule has 1 aliphatic carbocycles. The van der Waals surface area contributed by atoms with Gasteiger partial charge in [0.2, 0.25) is 5.91 Å². The van der Waals surface area contributed by atoms with Gasteiger partial charge >= 0.3 is 0 Å². The molecule has 2 N–H and O–H groups in total. The van der Waals surface area contributed by atoms with E-state index in [0.29, 0.717) is 17.5 Å². The van der Waals surface area contributed by atoms with Crippen LogP contribution in [0.15, 0.2) is 16.8 Å². The number of hydrogen-bond donors (Lipinski definition) is 1. The fraction of sp³-hybridized carbons (Fsp3) is 0.538. The minimum Gasteiger partial charge on any atom is -0.392 e. The van der Waals surface area contributed by atoms with E-state index in [1.807, 2.05) is 18.5 Å². The molecule has 3 nitrogen and oxygen atoms in total. The lowest BCUT2D eigenvalue weighted by Crippen LogP contribution is -2.56. The fourth-order valence-electron chi connectivity index (χ4n) is 2.70. The SMILES string of the molecule is CC1CC(C(=O)N(C)Cc2ccsc2)(C(N)=S)C1. The van der Waals surface area contributed by atoms with E-state index in [-0.39, 0.29) is 5.91 Å². The van der Waals surface area contributed by atoms with Crippen LogP contribution in [0.3, 0.4) is 0 Å². The summed E-state index contributed by atoms with van der Waals surface area (Å²) in [5.41, 5.74) is 6.36. The van der Waals surface area contributed by atoms with Gasteiger partial charge in [0.15, 0.2) is 0 Å². The van der Waals surface area contributed by atoms with Gasteiger partial charge in [-0.2, -0.15) is 11.3 Å². The van der Waals surface area contributed by atoms with E-state index in [1.165, 1.54) is 0 Å². The van der Waals surface area contributed by atoms with Gasteiger partial charge in [-0.25, -0.2) is 0 Å². The molecule has 1 aromatic rings. The predicted octanol–water partition coefficient (Wildman–Crippen LogP) is 2.41. The Balaban J connectivity index is 2.08. The Hall–Kier alpha value is -0.940. The maximum Gasteiger partial charge on any atom is 0.235 e. The van der Waals surface area contributed by atoms with Crippen molar-refractivity contribution < 1.29 is 4.79 Å². The number of nitrogens with zero attached hydrogens (tertiary/aromatic N) is 1. The molecule has 0 aromatic carbocycles. The van der Waals surface area contributed by atoms with Crippen LogP contribution in [-0.2, 0) is 11.3 Å². The van der Waals surface area contributed by atoms with Gasteiger partial charge in [0.05, 0.1) is 10.4 Å².